The van der Waals surface area contributed by atoms with E-state index in [0.717, 1.165) is 0 Å². The second-order valence-corrected chi connectivity index (χ2v) is 4.88. The maximum absolute atomic E-state index is 11.3. The van der Waals surface area contributed by atoms with Crippen LogP contribution in [0.3, 0.4) is 0 Å². The summed E-state index contributed by atoms with van der Waals surface area (Å²) < 4.78 is 0. The third kappa shape index (κ3) is 8.22. The molecule has 0 saturated heterocycles. The van der Waals surface area contributed by atoms with E-state index in [9.17, 15) is 40.2 Å². The van der Waals surface area contributed by atoms with Crippen LogP contribution in [0.2, 0.25) is 0 Å². The molecular weight excluding hydrogens is 424 g/mol. The van der Waals surface area contributed by atoms with Crippen LogP contribution in [0, 0.1) is 12.2 Å². The molecule has 0 fully saturated rings. The van der Waals surface area contributed by atoms with Crippen molar-refractivity contribution >= 4 is 11.9 Å². The summed E-state index contributed by atoms with van der Waals surface area (Å²) in [5, 5.41) is 91.0. The van der Waals surface area contributed by atoms with E-state index in [1.165, 1.54) is 0 Å². The van der Waals surface area contributed by atoms with Crippen molar-refractivity contribution in [3.63, 3.8) is 0 Å². The van der Waals surface area contributed by atoms with Crippen LogP contribution in [0.15, 0.2) is 0 Å². The summed E-state index contributed by atoms with van der Waals surface area (Å²) in [6, 6.07) is 0. The minimum absolute atomic E-state index is 0. The fourth-order valence-corrected chi connectivity index (χ4v) is 1.36. The van der Waals surface area contributed by atoms with Crippen molar-refractivity contribution in [2.75, 3.05) is 13.2 Å². The molecule has 6 unspecified atom stereocenters. The number of hydrogen-bond donors (Lipinski definition) is 10. The molecule has 0 amide bonds. The standard InChI is InChI=1S/C12H20O14.Fe/c13-1-3(15)5(17)7(19)9(21)11(23)25-26-12(24)10(22)8(20)6(18)4(16)2-14;/h3-7,9,13-22H,1-2H2;/q-2;+2. The van der Waals surface area contributed by atoms with Gasteiger partial charge >= 0.3 is 23.0 Å². The van der Waals surface area contributed by atoms with Gasteiger partial charge in [-0.05, 0) is 6.10 Å². The van der Waals surface area contributed by atoms with E-state index >= 15 is 0 Å². The fraction of sp³-hybridized carbons (Fsp3) is 0.667. The summed E-state index contributed by atoms with van der Waals surface area (Å²) in [5.74, 6) is -3.85. The number of hydrogen-bond acceptors (Lipinski definition) is 14. The average molecular weight is 444 g/mol. The Morgan fingerprint density at radius 1 is 0.815 bits per heavy atom. The van der Waals surface area contributed by atoms with Gasteiger partial charge in [0.05, 0.1) is 19.3 Å². The molecule has 160 valence electrons. The van der Waals surface area contributed by atoms with Gasteiger partial charge in [0.25, 0.3) is 0 Å². The van der Waals surface area contributed by atoms with Crippen molar-refractivity contribution in [1.82, 2.24) is 0 Å². The summed E-state index contributed by atoms with van der Waals surface area (Å²) in [7, 11) is 0. The summed E-state index contributed by atoms with van der Waals surface area (Å²) in [6.45, 7) is -2.07. The van der Waals surface area contributed by atoms with Gasteiger partial charge in [-0.1, -0.05) is 0 Å². The zero-order valence-corrected chi connectivity index (χ0v) is 14.4. The molecule has 0 bridgehead atoms. The van der Waals surface area contributed by atoms with Crippen LogP contribution >= 0.6 is 0 Å². The molecule has 0 saturated carbocycles. The molecule has 0 aromatic rings. The van der Waals surface area contributed by atoms with Gasteiger partial charge in [0.2, 0.25) is 5.97 Å². The number of aliphatic hydroxyl groups is 10. The smallest absolute Gasteiger partial charge is 0.588 e. The normalized spacial score (nSPS) is 17.7. The second-order valence-electron chi connectivity index (χ2n) is 4.88. The second kappa shape index (κ2) is 13.2. The molecule has 0 heterocycles. The van der Waals surface area contributed by atoms with Crippen molar-refractivity contribution in [3.8, 4) is 0 Å². The van der Waals surface area contributed by atoms with Crippen LogP contribution in [0.1, 0.15) is 0 Å². The van der Waals surface area contributed by atoms with Gasteiger partial charge in [-0.15, -0.1) is 0 Å². The Bertz CT molecular complexity index is 410. The monoisotopic (exact) mass is 444 g/mol. The molecule has 27 heavy (non-hydrogen) atoms. The van der Waals surface area contributed by atoms with Gasteiger partial charge in [0.15, 0.2) is 6.10 Å². The van der Waals surface area contributed by atoms with Crippen molar-refractivity contribution in [1.29, 1.82) is 0 Å². The van der Waals surface area contributed by atoms with Crippen LogP contribution in [0.4, 0.5) is 0 Å². The van der Waals surface area contributed by atoms with E-state index in [0.29, 0.717) is 0 Å². The Balaban J connectivity index is 0. The average Bonchev–Trinajstić information content (AvgIpc) is 2.66. The summed E-state index contributed by atoms with van der Waals surface area (Å²) in [4.78, 5) is 30.1. The number of carbonyl (C=O) groups is 2. The predicted octanol–water partition coefficient (Wildman–Crippen LogP) is -6.06. The third-order valence-electron chi connectivity index (χ3n) is 2.96. The fourth-order valence-electron chi connectivity index (χ4n) is 1.36. The van der Waals surface area contributed by atoms with E-state index < -0.39 is 74.0 Å². The van der Waals surface area contributed by atoms with Crippen LogP contribution < -0.4 is 0 Å². The van der Waals surface area contributed by atoms with Crippen molar-refractivity contribution in [2.24, 2.45) is 0 Å². The maximum atomic E-state index is 11.3. The zero-order valence-electron chi connectivity index (χ0n) is 13.3. The Morgan fingerprint density at radius 2 is 1.30 bits per heavy atom. The molecule has 0 aliphatic heterocycles. The van der Waals surface area contributed by atoms with E-state index in [1.807, 2.05) is 0 Å². The molecule has 15 heteroatoms. The van der Waals surface area contributed by atoms with Gasteiger partial charge in [-0.2, -0.15) is 0 Å². The Kier molecular flexibility index (Phi) is 13.7. The quantitative estimate of drug-likeness (QED) is 0.0651. The Hall–Kier alpha value is -1.07. The van der Waals surface area contributed by atoms with Gasteiger partial charge in [0.1, 0.15) is 18.3 Å². The molecule has 0 aliphatic rings. The Morgan fingerprint density at radius 3 is 1.74 bits per heavy atom. The minimum atomic E-state index is -2.56. The van der Waals surface area contributed by atoms with E-state index in [4.69, 9.17) is 20.4 Å². The number of rotatable bonds is 10. The molecule has 0 spiro atoms. The summed E-state index contributed by atoms with van der Waals surface area (Å²) in [5.41, 5.74) is 0. The molecule has 6 atom stereocenters. The number of aliphatic hydroxyl groups excluding tert-OH is 10. The maximum Gasteiger partial charge on any atom is 2.00 e. The molecule has 0 aromatic carbocycles. The molecule has 0 rings (SSSR count). The summed E-state index contributed by atoms with van der Waals surface area (Å²) >= 11 is 0. The molecular formula is C12H20FeO14. The topological polar surface area (TPSA) is 255 Å². The van der Waals surface area contributed by atoms with Gasteiger partial charge in [-0.3, -0.25) is 21.9 Å². The Labute approximate surface area is 162 Å². The molecule has 0 radical (unpaired) electrons. The van der Waals surface area contributed by atoms with Gasteiger partial charge in [0, 0.05) is 0 Å². The first-order valence-electron chi connectivity index (χ1n) is 6.84. The van der Waals surface area contributed by atoms with Crippen LogP contribution in [-0.4, -0.2) is 113 Å². The first-order chi connectivity index (χ1) is 12.0. The predicted molar refractivity (Wildman–Crippen MR) is 72.8 cm³/mol. The minimum Gasteiger partial charge on any atom is -0.588 e. The first-order valence-corrected chi connectivity index (χ1v) is 6.84. The number of carbonyl (C=O) groups excluding carboxylic acids is 2. The van der Waals surface area contributed by atoms with Gasteiger partial charge < -0.3 is 51.1 Å². The van der Waals surface area contributed by atoms with Crippen LogP contribution in [0.5, 0.6) is 0 Å². The zero-order chi connectivity index (χ0) is 20.6. The molecule has 10 N–H and O–H groups in total. The largest absolute Gasteiger partial charge is 2.00 e. The van der Waals surface area contributed by atoms with Crippen molar-refractivity contribution in [2.45, 2.75) is 36.6 Å². The first kappa shape index (κ1) is 28.1. The van der Waals surface area contributed by atoms with Crippen LogP contribution in [0.25, 0.3) is 0 Å². The van der Waals surface area contributed by atoms with Crippen molar-refractivity contribution < 1.29 is 87.5 Å². The van der Waals surface area contributed by atoms with Crippen molar-refractivity contribution in [3.05, 3.63) is 12.2 Å². The van der Waals surface area contributed by atoms with E-state index in [1.54, 1.807) is 0 Å². The molecule has 0 aromatic heterocycles. The summed E-state index contributed by atoms with van der Waals surface area (Å²) in [6.07, 6.45) is -16.5. The van der Waals surface area contributed by atoms with Gasteiger partial charge in [-0.25, -0.2) is 9.68 Å². The van der Waals surface area contributed by atoms with E-state index in [-0.39, 0.29) is 17.1 Å². The molecule has 14 nitrogen and oxygen atoms in total. The van der Waals surface area contributed by atoms with Crippen LogP contribution in [-0.2, 0) is 36.4 Å². The SMILES string of the molecule is O=C(OOC(=O)C(O)C(O)C(O)C(O)CO)[C-](O)[C-](O)C(O)C(O)CO.[Fe+2]. The molecule has 0 aliphatic carbocycles. The third-order valence-corrected chi connectivity index (χ3v) is 2.96. The van der Waals surface area contributed by atoms with E-state index in [2.05, 4.69) is 9.78 Å².